The summed E-state index contributed by atoms with van der Waals surface area (Å²) >= 11 is 0. The molecule has 0 spiro atoms. The highest BCUT2D eigenvalue weighted by Crippen LogP contribution is 2.44. The zero-order valence-corrected chi connectivity index (χ0v) is 22.7. The van der Waals surface area contributed by atoms with Crippen molar-refractivity contribution >= 4 is 6.09 Å². The van der Waals surface area contributed by atoms with Crippen molar-refractivity contribution in [3.05, 3.63) is 58.5 Å². The number of carbonyl (C=O) groups is 1. The molecule has 7 heteroatoms. The van der Waals surface area contributed by atoms with E-state index in [0.29, 0.717) is 26.3 Å². The van der Waals surface area contributed by atoms with Crippen LogP contribution in [-0.4, -0.2) is 46.8 Å². The van der Waals surface area contributed by atoms with Crippen molar-refractivity contribution < 1.29 is 19.0 Å². The highest BCUT2D eigenvalue weighted by molar-refractivity contribution is 5.82. The van der Waals surface area contributed by atoms with Crippen molar-refractivity contribution in [2.75, 3.05) is 20.3 Å². The molecule has 1 aliphatic heterocycles. The number of carbonyl (C=O) groups excluding carboxylic acids is 1. The lowest BCUT2D eigenvalue weighted by atomic mass is 9.87. The number of methoxy groups -OCH3 is 1. The van der Waals surface area contributed by atoms with Crippen molar-refractivity contribution in [2.45, 2.75) is 66.2 Å². The van der Waals surface area contributed by atoms with Gasteiger partial charge in [0.05, 0.1) is 18.8 Å². The predicted octanol–water partition coefficient (Wildman–Crippen LogP) is 6.06. The van der Waals surface area contributed by atoms with Crippen molar-refractivity contribution in [2.24, 2.45) is 5.92 Å². The number of benzene rings is 2. The molecule has 0 radical (unpaired) electrons. The molecule has 3 aromatic rings. The Hall–Kier alpha value is -3.32. The number of hydrogen-bond donors (Lipinski definition) is 1. The normalized spacial score (nSPS) is 14.5. The monoisotopic (exact) mass is 503 g/mol. The van der Waals surface area contributed by atoms with Gasteiger partial charge in [0.25, 0.3) is 0 Å². The maximum Gasteiger partial charge on any atom is 0.410 e. The number of rotatable bonds is 6. The molecule has 37 heavy (non-hydrogen) atoms. The minimum absolute atomic E-state index is 0.165. The number of imidazole rings is 1. The van der Waals surface area contributed by atoms with Gasteiger partial charge in [-0.1, -0.05) is 30.7 Å². The Kier molecular flexibility index (Phi) is 6.75. The second-order valence-electron chi connectivity index (χ2n) is 11.4. The largest absolute Gasteiger partial charge is 0.488 e. The summed E-state index contributed by atoms with van der Waals surface area (Å²) in [5.41, 5.74) is 8.75. The van der Waals surface area contributed by atoms with Crippen LogP contribution in [0.25, 0.3) is 22.4 Å². The molecule has 0 saturated carbocycles. The minimum Gasteiger partial charge on any atom is -0.488 e. The van der Waals surface area contributed by atoms with Gasteiger partial charge in [-0.15, -0.1) is 0 Å². The number of hydrogen-bond acceptors (Lipinski definition) is 5. The first-order chi connectivity index (χ1) is 17.6. The molecule has 0 fully saturated rings. The molecule has 1 aromatic heterocycles. The minimum atomic E-state index is -0.572. The van der Waals surface area contributed by atoms with Gasteiger partial charge in [0.1, 0.15) is 23.8 Å². The molecule has 1 unspecified atom stereocenters. The third kappa shape index (κ3) is 5.37. The van der Waals surface area contributed by atoms with E-state index in [4.69, 9.17) is 19.2 Å². The number of nitrogens with zero attached hydrogens (tertiary/aromatic N) is 2. The summed E-state index contributed by atoms with van der Waals surface area (Å²) in [5.74, 6) is 1.82. The summed E-state index contributed by atoms with van der Waals surface area (Å²) in [6.45, 7) is 11.8. The Labute approximate surface area is 219 Å². The Morgan fingerprint density at radius 3 is 2.70 bits per heavy atom. The maximum atomic E-state index is 13.0. The number of fused-ring (bicyclic) bond motifs is 6. The number of aryl methyl sites for hydroxylation is 3. The summed E-state index contributed by atoms with van der Waals surface area (Å²) < 4.78 is 17.2. The molecule has 196 valence electrons. The van der Waals surface area contributed by atoms with Crippen molar-refractivity contribution in [1.82, 2.24) is 14.9 Å². The van der Waals surface area contributed by atoms with Gasteiger partial charge in [0, 0.05) is 30.5 Å². The number of aromatic amines is 1. The highest BCUT2D eigenvalue weighted by atomic mass is 16.6. The summed E-state index contributed by atoms with van der Waals surface area (Å²) in [5, 5.41) is 0. The fourth-order valence-corrected chi connectivity index (χ4v) is 5.27. The Bertz CT molecular complexity index is 1320. The van der Waals surface area contributed by atoms with Gasteiger partial charge in [-0.3, -0.25) is 0 Å². The van der Waals surface area contributed by atoms with Crippen LogP contribution in [0.5, 0.6) is 5.75 Å². The van der Waals surface area contributed by atoms with E-state index in [1.54, 1.807) is 12.0 Å². The standard InChI is InChI=1S/C30H37N3O4/c1-18-7-9-22-21(11-18)17-36-26-13-23-20(12-24(22)26)8-10-25-28(23)32-27(31-25)15-33(14-19(2)16-35-6)29(34)37-30(3,4)5/h7,9,11-13,19H,8,10,14-17H2,1-6H3,(H,31,32). The molecule has 1 N–H and O–H groups in total. The van der Waals surface area contributed by atoms with E-state index in [1.807, 2.05) is 20.8 Å². The molecule has 0 saturated heterocycles. The van der Waals surface area contributed by atoms with E-state index in [2.05, 4.69) is 49.2 Å². The van der Waals surface area contributed by atoms with Gasteiger partial charge < -0.3 is 24.1 Å². The number of ether oxygens (including phenoxy) is 3. The van der Waals surface area contributed by atoms with Crippen LogP contribution in [0.1, 0.15) is 55.9 Å². The molecule has 1 atom stereocenters. The fourth-order valence-electron chi connectivity index (χ4n) is 5.27. The lowest BCUT2D eigenvalue weighted by Crippen LogP contribution is -2.39. The number of aromatic nitrogens is 2. The fraction of sp³-hybridized carbons (Fsp3) is 0.467. The second-order valence-corrected chi connectivity index (χ2v) is 11.4. The van der Waals surface area contributed by atoms with E-state index in [0.717, 1.165) is 46.9 Å². The lowest BCUT2D eigenvalue weighted by molar-refractivity contribution is 0.0172. The first-order valence-corrected chi connectivity index (χ1v) is 13.1. The molecule has 2 heterocycles. The van der Waals surface area contributed by atoms with Crippen LogP contribution in [0.3, 0.4) is 0 Å². The van der Waals surface area contributed by atoms with Gasteiger partial charge in [0.2, 0.25) is 0 Å². The second kappa shape index (κ2) is 9.86. The van der Waals surface area contributed by atoms with Crippen LogP contribution < -0.4 is 4.74 Å². The predicted molar refractivity (Wildman–Crippen MR) is 144 cm³/mol. The lowest BCUT2D eigenvalue weighted by Gasteiger charge is -2.28. The molecule has 1 amide bonds. The van der Waals surface area contributed by atoms with Gasteiger partial charge in [-0.25, -0.2) is 9.78 Å². The van der Waals surface area contributed by atoms with Gasteiger partial charge in [-0.05, 0) is 75.3 Å². The highest BCUT2D eigenvalue weighted by Gasteiger charge is 2.28. The topological polar surface area (TPSA) is 76.7 Å². The molecule has 2 aromatic carbocycles. The molecule has 1 aliphatic carbocycles. The molecular formula is C30H37N3O4. The number of amides is 1. The summed E-state index contributed by atoms with van der Waals surface area (Å²) in [4.78, 5) is 23.2. The smallest absolute Gasteiger partial charge is 0.410 e. The quantitative estimate of drug-likeness (QED) is 0.442. The average Bonchev–Trinajstić information content (AvgIpc) is 3.24. The summed E-state index contributed by atoms with van der Waals surface area (Å²) in [7, 11) is 1.68. The van der Waals surface area contributed by atoms with E-state index in [9.17, 15) is 4.79 Å². The summed E-state index contributed by atoms with van der Waals surface area (Å²) in [6.07, 6.45) is 1.46. The van der Waals surface area contributed by atoms with Crippen LogP contribution >= 0.6 is 0 Å². The van der Waals surface area contributed by atoms with E-state index in [1.165, 1.54) is 22.3 Å². The number of H-pyrrole nitrogens is 1. The molecule has 0 bridgehead atoms. The van der Waals surface area contributed by atoms with E-state index in [-0.39, 0.29) is 12.0 Å². The molecule has 7 nitrogen and oxygen atoms in total. The van der Waals surface area contributed by atoms with Gasteiger partial charge >= 0.3 is 6.09 Å². The van der Waals surface area contributed by atoms with Gasteiger partial charge in [-0.2, -0.15) is 0 Å². The van der Waals surface area contributed by atoms with Crippen molar-refractivity contribution in [3.63, 3.8) is 0 Å². The average molecular weight is 504 g/mol. The van der Waals surface area contributed by atoms with Crippen LogP contribution in [-0.2, 0) is 35.5 Å². The van der Waals surface area contributed by atoms with E-state index < -0.39 is 5.60 Å². The third-order valence-electron chi connectivity index (χ3n) is 6.84. The Balaban J connectivity index is 1.44. The Morgan fingerprint density at radius 2 is 1.95 bits per heavy atom. The van der Waals surface area contributed by atoms with Crippen LogP contribution in [0.2, 0.25) is 0 Å². The first-order valence-electron chi connectivity index (χ1n) is 13.1. The van der Waals surface area contributed by atoms with Crippen LogP contribution in [0.4, 0.5) is 4.79 Å². The third-order valence-corrected chi connectivity index (χ3v) is 6.84. The molecule has 5 rings (SSSR count). The molecule has 2 aliphatic rings. The SMILES string of the molecule is COCC(C)CN(Cc1nc2c([nH]1)CCc1cc3c(cc1-2)OCc1cc(C)ccc1-3)C(=O)OC(C)(C)C. The zero-order valence-electron chi connectivity index (χ0n) is 22.7. The van der Waals surface area contributed by atoms with Crippen LogP contribution in [0, 0.1) is 12.8 Å². The van der Waals surface area contributed by atoms with E-state index >= 15 is 0 Å². The van der Waals surface area contributed by atoms with Gasteiger partial charge in [0.15, 0.2) is 0 Å². The van der Waals surface area contributed by atoms with Crippen molar-refractivity contribution in [3.8, 4) is 28.1 Å². The first kappa shape index (κ1) is 25.3. The summed E-state index contributed by atoms with van der Waals surface area (Å²) in [6, 6.07) is 11.0. The number of nitrogens with one attached hydrogen (secondary N) is 1. The molecular weight excluding hydrogens is 466 g/mol. The zero-order chi connectivity index (χ0) is 26.3. The Morgan fingerprint density at radius 1 is 1.14 bits per heavy atom. The van der Waals surface area contributed by atoms with Crippen molar-refractivity contribution in [1.29, 1.82) is 0 Å². The van der Waals surface area contributed by atoms with Crippen LogP contribution in [0.15, 0.2) is 30.3 Å². The maximum absolute atomic E-state index is 13.0.